The number of carbonyl (C=O) groups is 1. The lowest BCUT2D eigenvalue weighted by Crippen LogP contribution is -2.63. The highest BCUT2D eigenvalue weighted by Gasteiger charge is 2.47. The van der Waals surface area contributed by atoms with Crippen LogP contribution < -0.4 is 9.64 Å². The summed E-state index contributed by atoms with van der Waals surface area (Å²) in [6, 6.07) is 12.7. The van der Waals surface area contributed by atoms with Crippen molar-refractivity contribution in [3.63, 3.8) is 0 Å². The zero-order valence-electron chi connectivity index (χ0n) is 22.5. The standard InChI is InChI=1S/C29H36F3N5O2/c1-34-17-19-37(20-18-34)27(38)28(39-26-11-7-24(8-12-26)29(30,31)32)13-3-16-36(22-28)21-23-5-9-25(10-6-23)35(2)15-4-14-33/h4-12,14-15,33H,3,13,16-22H2,1-2H3/b15-4-,33-14?. The molecule has 2 aliphatic heterocycles. The van der Waals surface area contributed by atoms with E-state index in [-0.39, 0.29) is 11.7 Å². The SMILES string of the molecule is CN1CCN(C(=O)C2(Oc3ccc(C(F)(F)F)cc3)CCCN(Cc3ccc(N(C)/C=C\C=N)cc3)C2)CC1. The van der Waals surface area contributed by atoms with Gasteiger partial charge in [0.1, 0.15) is 5.75 Å². The first-order chi connectivity index (χ1) is 18.6. The van der Waals surface area contributed by atoms with Crippen molar-refractivity contribution in [2.75, 3.05) is 58.3 Å². The summed E-state index contributed by atoms with van der Waals surface area (Å²) in [5, 5.41) is 7.15. The van der Waals surface area contributed by atoms with Crippen LogP contribution in [0.5, 0.6) is 5.75 Å². The maximum atomic E-state index is 14.0. The first kappa shape index (κ1) is 28.6. The molecule has 210 valence electrons. The second kappa shape index (κ2) is 12.2. The maximum Gasteiger partial charge on any atom is 0.416 e. The summed E-state index contributed by atoms with van der Waals surface area (Å²) in [5.41, 5.74) is 0.147. The van der Waals surface area contributed by atoms with Gasteiger partial charge >= 0.3 is 6.18 Å². The summed E-state index contributed by atoms with van der Waals surface area (Å²) in [4.78, 5) is 22.1. The number of piperidine rings is 1. The second-order valence-corrected chi connectivity index (χ2v) is 10.3. The normalized spacial score (nSPS) is 21.2. The monoisotopic (exact) mass is 543 g/mol. The molecule has 1 amide bonds. The van der Waals surface area contributed by atoms with Gasteiger partial charge in [-0.05, 0) is 74.5 Å². The Morgan fingerprint density at radius 2 is 1.72 bits per heavy atom. The van der Waals surface area contributed by atoms with Crippen LogP contribution in [0.1, 0.15) is 24.0 Å². The van der Waals surface area contributed by atoms with Crippen molar-refractivity contribution in [2.24, 2.45) is 0 Å². The van der Waals surface area contributed by atoms with Crippen molar-refractivity contribution in [3.05, 3.63) is 71.9 Å². The van der Waals surface area contributed by atoms with Gasteiger partial charge in [0.2, 0.25) is 0 Å². The zero-order valence-corrected chi connectivity index (χ0v) is 22.5. The van der Waals surface area contributed by atoms with E-state index in [1.807, 2.05) is 54.4 Å². The fraction of sp³-hybridized carbons (Fsp3) is 0.448. The maximum absolute atomic E-state index is 14.0. The molecule has 2 aliphatic rings. The van der Waals surface area contributed by atoms with Gasteiger partial charge < -0.3 is 24.8 Å². The van der Waals surface area contributed by atoms with Crippen LogP contribution >= 0.6 is 0 Å². The Labute approximate surface area is 227 Å². The first-order valence-corrected chi connectivity index (χ1v) is 13.2. The molecular weight excluding hydrogens is 507 g/mol. The van der Waals surface area contributed by atoms with Crippen molar-refractivity contribution in [1.82, 2.24) is 14.7 Å². The Kier molecular flexibility index (Phi) is 8.97. The Balaban J connectivity index is 1.54. The van der Waals surface area contributed by atoms with Gasteiger partial charge in [-0.2, -0.15) is 13.2 Å². The third-order valence-corrected chi connectivity index (χ3v) is 7.36. The molecule has 1 atom stereocenters. The molecule has 7 nitrogen and oxygen atoms in total. The number of carbonyl (C=O) groups excluding carboxylic acids is 1. The molecule has 1 N–H and O–H groups in total. The molecule has 0 aromatic heterocycles. The second-order valence-electron chi connectivity index (χ2n) is 10.3. The lowest BCUT2D eigenvalue weighted by Gasteiger charge is -2.45. The summed E-state index contributed by atoms with van der Waals surface area (Å²) in [6.07, 6.45) is 1.48. The van der Waals surface area contributed by atoms with Crippen LogP contribution in [0.3, 0.4) is 0 Å². The number of ether oxygens (including phenoxy) is 1. The van der Waals surface area contributed by atoms with Gasteiger partial charge in [0.25, 0.3) is 5.91 Å². The van der Waals surface area contributed by atoms with E-state index in [4.69, 9.17) is 10.1 Å². The van der Waals surface area contributed by atoms with Gasteiger partial charge in [0, 0.05) is 64.4 Å². The van der Waals surface area contributed by atoms with Gasteiger partial charge in [-0.15, -0.1) is 0 Å². The Morgan fingerprint density at radius 1 is 1.05 bits per heavy atom. The molecule has 2 fully saturated rings. The minimum Gasteiger partial charge on any atom is -0.476 e. The number of allylic oxidation sites excluding steroid dienone is 1. The molecule has 0 saturated carbocycles. The smallest absolute Gasteiger partial charge is 0.416 e. The number of benzene rings is 2. The number of nitrogens with one attached hydrogen (secondary N) is 1. The number of alkyl halides is 3. The molecule has 1 unspecified atom stereocenters. The van der Waals surface area contributed by atoms with Crippen LogP contribution in [-0.4, -0.2) is 85.8 Å². The van der Waals surface area contributed by atoms with Crippen LogP contribution in [0.2, 0.25) is 0 Å². The van der Waals surface area contributed by atoms with E-state index in [9.17, 15) is 18.0 Å². The number of likely N-dealkylation sites (tertiary alicyclic amines) is 1. The molecule has 4 rings (SSSR count). The van der Waals surface area contributed by atoms with Crippen LogP contribution in [0.25, 0.3) is 0 Å². The fourth-order valence-corrected chi connectivity index (χ4v) is 5.13. The van der Waals surface area contributed by atoms with E-state index in [2.05, 4.69) is 9.80 Å². The van der Waals surface area contributed by atoms with Gasteiger partial charge in [0.05, 0.1) is 5.56 Å². The van der Waals surface area contributed by atoms with Crippen molar-refractivity contribution in [3.8, 4) is 5.75 Å². The molecule has 2 aromatic rings. The third kappa shape index (κ3) is 7.19. The van der Waals surface area contributed by atoms with Crippen molar-refractivity contribution >= 4 is 17.8 Å². The highest BCUT2D eigenvalue weighted by atomic mass is 19.4. The number of piperazine rings is 1. The number of rotatable bonds is 8. The topological polar surface area (TPSA) is 63.1 Å². The Morgan fingerprint density at radius 3 is 2.33 bits per heavy atom. The molecule has 2 aromatic carbocycles. The van der Waals surface area contributed by atoms with E-state index in [1.54, 1.807) is 6.08 Å². The van der Waals surface area contributed by atoms with Crippen LogP contribution in [-0.2, 0) is 17.5 Å². The van der Waals surface area contributed by atoms with E-state index in [0.29, 0.717) is 32.6 Å². The summed E-state index contributed by atoms with van der Waals surface area (Å²) < 4.78 is 45.7. The molecule has 0 spiro atoms. The average molecular weight is 544 g/mol. The predicted octanol–water partition coefficient (Wildman–Crippen LogP) is 4.49. The molecule has 0 radical (unpaired) electrons. The predicted molar refractivity (Wildman–Crippen MR) is 146 cm³/mol. The van der Waals surface area contributed by atoms with E-state index >= 15 is 0 Å². The molecule has 2 saturated heterocycles. The number of likely N-dealkylation sites (N-methyl/N-ethyl adjacent to an activating group) is 1. The quantitative estimate of drug-likeness (QED) is 0.497. The number of hydrogen-bond donors (Lipinski definition) is 1. The Bertz CT molecular complexity index is 1150. The lowest BCUT2D eigenvalue weighted by molar-refractivity contribution is -0.155. The van der Waals surface area contributed by atoms with Gasteiger partial charge in [-0.1, -0.05) is 12.1 Å². The minimum atomic E-state index is -4.44. The van der Waals surface area contributed by atoms with Gasteiger partial charge in [-0.3, -0.25) is 9.69 Å². The zero-order chi connectivity index (χ0) is 28.0. The number of amides is 1. The number of hydrogen-bond acceptors (Lipinski definition) is 6. The minimum absolute atomic E-state index is 0.102. The molecule has 10 heteroatoms. The molecule has 0 bridgehead atoms. The number of halogens is 3. The highest BCUT2D eigenvalue weighted by molar-refractivity contribution is 5.86. The lowest BCUT2D eigenvalue weighted by atomic mass is 9.90. The van der Waals surface area contributed by atoms with Crippen molar-refractivity contribution < 1.29 is 22.7 Å². The van der Waals surface area contributed by atoms with Crippen LogP contribution in [0, 0.1) is 5.41 Å². The average Bonchev–Trinajstić information content (AvgIpc) is 2.92. The van der Waals surface area contributed by atoms with E-state index in [1.165, 1.54) is 18.3 Å². The van der Waals surface area contributed by atoms with Crippen LogP contribution in [0.4, 0.5) is 18.9 Å². The summed E-state index contributed by atoms with van der Waals surface area (Å²) in [6.45, 7) is 4.47. The van der Waals surface area contributed by atoms with Crippen molar-refractivity contribution in [1.29, 1.82) is 5.41 Å². The number of anilines is 1. The number of nitrogens with zero attached hydrogens (tertiary/aromatic N) is 4. The molecule has 39 heavy (non-hydrogen) atoms. The largest absolute Gasteiger partial charge is 0.476 e. The summed E-state index contributed by atoms with van der Waals surface area (Å²) in [5.74, 6) is 0.160. The van der Waals surface area contributed by atoms with E-state index < -0.39 is 17.3 Å². The fourth-order valence-electron chi connectivity index (χ4n) is 5.13. The van der Waals surface area contributed by atoms with Crippen molar-refractivity contribution in [2.45, 2.75) is 31.2 Å². The summed E-state index contributed by atoms with van der Waals surface area (Å²) >= 11 is 0. The highest BCUT2D eigenvalue weighted by Crippen LogP contribution is 2.34. The van der Waals surface area contributed by atoms with E-state index in [0.717, 1.165) is 49.4 Å². The molecule has 2 heterocycles. The third-order valence-electron chi connectivity index (χ3n) is 7.36. The van der Waals surface area contributed by atoms with Crippen LogP contribution in [0.15, 0.2) is 60.8 Å². The van der Waals surface area contributed by atoms with Gasteiger partial charge in [-0.25, -0.2) is 0 Å². The molecule has 0 aliphatic carbocycles. The molecular formula is C29H36F3N5O2. The first-order valence-electron chi connectivity index (χ1n) is 13.2. The summed E-state index contributed by atoms with van der Waals surface area (Å²) in [7, 11) is 3.93. The van der Waals surface area contributed by atoms with Gasteiger partial charge in [0.15, 0.2) is 5.60 Å². The Hall–Kier alpha value is -3.37.